The topological polar surface area (TPSA) is 187 Å². The molecule has 0 bridgehead atoms. The minimum atomic E-state index is -0.876. The Morgan fingerprint density at radius 1 is 1.07 bits per heavy atom. The first-order valence-electron chi connectivity index (χ1n) is 14.1. The lowest BCUT2D eigenvalue weighted by molar-refractivity contribution is -0.169. The standard InChI is InChI=1S/C28H35ClN8O5/c1-2-41-25(40)28(10-3-11-28)42-18-7-4-17(5-8-18)6-9-19(38)37-14-12-27(13-15-37)16-32-26(36-27)35-24(39)20-22(30)34-23(31)21(29)33-20/h4-5,7-8H,2-3,6,9-16H2,1H3,(H4,30,31,34)(H2,32,35,36,39). The molecular formula is C28H35ClN8O5. The number of carbonyl (C=O) groups excluding carboxylic acids is 3. The smallest absolute Gasteiger partial charge is 0.350 e. The van der Waals surface area contributed by atoms with Crippen LogP contribution in [0.2, 0.25) is 5.15 Å². The van der Waals surface area contributed by atoms with E-state index in [-0.39, 0.29) is 39.9 Å². The maximum Gasteiger partial charge on any atom is 0.350 e. The number of aliphatic imine (C=N–C) groups is 1. The number of aryl methyl sites for hydroxylation is 1. The van der Waals surface area contributed by atoms with E-state index in [0.717, 1.165) is 12.0 Å². The van der Waals surface area contributed by atoms with Gasteiger partial charge in [0.2, 0.25) is 11.5 Å². The first-order valence-corrected chi connectivity index (χ1v) is 14.5. The number of piperidine rings is 1. The number of carbonyl (C=O) groups is 3. The first kappa shape index (κ1) is 29.4. The number of nitrogen functional groups attached to an aromatic ring is 2. The normalized spacial score (nSPS) is 19.5. The van der Waals surface area contributed by atoms with Crippen molar-refractivity contribution in [2.24, 2.45) is 4.99 Å². The number of halogens is 1. The minimum absolute atomic E-state index is 0.0622. The number of benzene rings is 1. The van der Waals surface area contributed by atoms with Crippen LogP contribution in [0.5, 0.6) is 5.75 Å². The van der Waals surface area contributed by atoms with Crippen LogP contribution in [0, 0.1) is 0 Å². The monoisotopic (exact) mass is 598 g/mol. The maximum absolute atomic E-state index is 13.0. The number of hydrogen-bond acceptors (Lipinski definition) is 9. The van der Waals surface area contributed by atoms with Gasteiger partial charge in [-0.3, -0.25) is 9.59 Å². The van der Waals surface area contributed by atoms with E-state index < -0.39 is 11.5 Å². The zero-order valence-electron chi connectivity index (χ0n) is 23.5. The molecule has 1 spiro atoms. The molecule has 0 unspecified atom stereocenters. The molecule has 1 aromatic heterocycles. The molecular weight excluding hydrogens is 564 g/mol. The van der Waals surface area contributed by atoms with Crippen LogP contribution in [-0.2, 0) is 20.7 Å². The molecule has 42 heavy (non-hydrogen) atoms. The number of likely N-dealkylation sites (tertiary alicyclic amines) is 1. The van der Waals surface area contributed by atoms with Crippen molar-refractivity contribution in [3.63, 3.8) is 0 Å². The number of aromatic nitrogens is 2. The Labute approximate surface area is 248 Å². The second kappa shape index (κ2) is 12.0. The summed E-state index contributed by atoms with van der Waals surface area (Å²) in [6.45, 7) is 3.85. The predicted octanol–water partition coefficient (Wildman–Crippen LogP) is 1.84. The molecule has 0 radical (unpaired) electrons. The van der Waals surface area contributed by atoms with E-state index in [4.69, 9.17) is 32.5 Å². The summed E-state index contributed by atoms with van der Waals surface area (Å²) in [5, 5.41) is 6.31. The molecule has 1 saturated carbocycles. The van der Waals surface area contributed by atoms with Crippen LogP contribution >= 0.6 is 11.6 Å². The molecule has 3 fully saturated rings. The average molecular weight is 599 g/mol. The SMILES string of the molecule is CCOC(=O)C1(Oc2ccc(CCC(=O)N3CCC4(CC3)CN/C(=N\C(=O)c3nc(Cl)c(N)nc3N)N4)cc2)CCC1. The Kier molecular flexibility index (Phi) is 8.39. The van der Waals surface area contributed by atoms with Gasteiger partial charge >= 0.3 is 11.9 Å². The van der Waals surface area contributed by atoms with Gasteiger partial charge in [0, 0.05) is 26.1 Å². The quantitative estimate of drug-likeness (QED) is 0.325. The number of rotatable bonds is 8. The summed E-state index contributed by atoms with van der Waals surface area (Å²) in [5.41, 5.74) is 11.0. The Hall–Kier alpha value is -4.13. The summed E-state index contributed by atoms with van der Waals surface area (Å²) in [7, 11) is 0. The highest BCUT2D eigenvalue weighted by Gasteiger charge is 2.48. The summed E-state index contributed by atoms with van der Waals surface area (Å²) in [4.78, 5) is 51.5. The molecule has 6 N–H and O–H groups in total. The first-order chi connectivity index (χ1) is 20.1. The molecule has 3 aliphatic rings. The van der Waals surface area contributed by atoms with Crippen molar-refractivity contribution < 1.29 is 23.9 Å². The number of hydrogen-bond donors (Lipinski definition) is 4. The fourth-order valence-electron chi connectivity index (χ4n) is 5.37. The molecule has 3 heterocycles. The van der Waals surface area contributed by atoms with Gasteiger partial charge in [-0.15, -0.1) is 0 Å². The molecule has 0 atom stereocenters. The van der Waals surface area contributed by atoms with Crippen LogP contribution in [0.1, 0.15) is 61.5 Å². The molecule has 2 saturated heterocycles. The zero-order chi connectivity index (χ0) is 29.9. The molecule has 2 aliphatic heterocycles. The van der Waals surface area contributed by atoms with Crippen LogP contribution in [0.3, 0.4) is 0 Å². The highest BCUT2D eigenvalue weighted by molar-refractivity contribution is 6.31. The number of nitrogens with two attached hydrogens (primary N) is 2. The largest absolute Gasteiger partial charge is 0.476 e. The summed E-state index contributed by atoms with van der Waals surface area (Å²) in [6.07, 6.45) is 4.62. The van der Waals surface area contributed by atoms with Gasteiger partial charge < -0.3 is 36.5 Å². The van der Waals surface area contributed by atoms with Crippen LogP contribution < -0.4 is 26.8 Å². The Bertz CT molecular complexity index is 1390. The van der Waals surface area contributed by atoms with Crippen molar-refractivity contribution in [1.29, 1.82) is 0 Å². The van der Waals surface area contributed by atoms with Gasteiger partial charge in [-0.2, -0.15) is 4.99 Å². The van der Waals surface area contributed by atoms with E-state index in [1.807, 2.05) is 29.2 Å². The van der Waals surface area contributed by atoms with E-state index in [0.29, 0.717) is 76.5 Å². The second-order valence-corrected chi connectivity index (χ2v) is 11.2. The Balaban J connectivity index is 1.09. The van der Waals surface area contributed by atoms with Crippen LogP contribution in [0.15, 0.2) is 29.3 Å². The van der Waals surface area contributed by atoms with E-state index in [1.54, 1.807) is 6.92 Å². The van der Waals surface area contributed by atoms with Gasteiger partial charge in [0.25, 0.3) is 0 Å². The number of guanidine groups is 1. The van der Waals surface area contributed by atoms with Crippen molar-refractivity contribution in [2.75, 3.05) is 37.7 Å². The van der Waals surface area contributed by atoms with E-state index in [1.165, 1.54) is 0 Å². The van der Waals surface area contributed by atoms with Gasteiger partial charge in [-0.1, -0.05) is 23.7 Å². The lowest BCUT2D eigenvalue weighted by atomic mass is 9.80. The fraction of sp³-hybridized carbons (Fsp3) is 0.500. The Morgan fingerprint density at radius 3 is 2.43 bits per heavy atom. The van der Waals surface area contributed by atoms with Crippen molar-refractivity contribution >= 4 is 47.0 Å². The molecule has 2 aromatic rings. The van der Waals surface area contributed by atoms with Crippen LogP contribution in [0.25, 0.3) is 0 Å². The number of amides is 2. The second-order valence-electron chi connectivity index (χ2n) is 10.9. The third-order valence-corrected chi connectivity index (χ3v) is 8.32. The number of nitrogens with zero attached hydrogens (tertiary/aromatic N) is 4. The molecule has 5 rings (SSSR count). The van der Waals surface area contributed by atoms with Crippen LogP contribution in [-0.4, -0.2) is 76.0 Å². The minimum Gasteiger partial charge on any atom is -0.476 e. The molecule has 1 aromatic carbocycles. The molecule has 14 heteroatoms. The summed E-state index contributed by atoms with van der Waals surface area (Å²) in [6, 6.07) is 7.54. The summed E-state index contributed by atoms with van der Waals surface area (Å²) >= 11 is 5.87. The van der Waals surface area contributed by atoms with Gasteiger partial charge in [-0.05, 0) is 63.1 Å². The van der Waals surface area contributed by atoms with Crippen molar-refractivity contribution in [1.82, 2.24) is 25.5 Å². The molecule has 2 amide bonds. The summed E-state index contributed by atoms with van der Waals surface area (Å²) < 4.78 is 11.2. The van der Waals surface area contributed by atoms with E-state index in [2.05, 4.69) is 25.6 Å². The van der Waals surface area contributed by atoms with Gasteiger partial charge in [0.1, 0.15) is 5.75 Å². The van der Waals surface area contributed by atoms with Gasteiger partial charge in [0.15, 0.2) is 28.4 Å². The van der Waals surface area contributed by atoms with Crippen molar-refractivity contribution in [3.05, 3.63) is 40.7 Å². The molecule has 224 valence electrons. The van der Waals surface area contributed by atoms with Crippen molar-refractivity contribution in [2.45, 2.75) is 63.0 Å². The fourth-order valence-corrected chi connectivity index (χ4v) is 5.49. The number of anilines is 2. The number of esters is 1. The third-order valence-electron chi connectivity index (χ3n) is 8.04. The lowest BCUT2D eigenvalue weighted by Crippen LogP contribution is -2.53. The molecule has 1 aliphatic carbocycles. The van der Waals surface area contributed by atoms with Crippen molar-refractivity contribution in [3.8, 4) is 5.75 Å². The highest BCUT2D eigenvalue weighted by atomic mass is 35.5. The van der Waals surface area contributed by atoms with Gasteiger partial charge in [0.05, 0.1) is 12.1 Å². The Morgan fingerprint density at radius 2 is 1.79 bits per heavy atom. The van der Waals surface area contributed by atoms with E-state index in [9.17, 15) is 14.4 Å². The van der Waals surface area contributed by atoms with Gasteiger partial charge in [-0.25, -0.2) is 14.8 Å². The van der Waals surface area contributed by atoms with E-state index >= 15 is 0 Å². The summed E-state index contributed by atoms with van der Waals surface area (Å²) in [5.74, 6) is -0.188. The number of ether oxygens (including phenoxy) is 2. The lowest BCUT2D eigenvalue weighted by Gasteiger charge is -2.39. The molecule has 13 nitrogen and oxygen atoms in total. The third kappa shape index (κ3) is 6.20. The average Bonchev–Trinajstić information content (AvgIpc) is 3.33. The maximum atomic E-state index is 13.0. The van der Waals surface area contributed by atoms with Crippen LogP contribution in [0.4, 0.5) is 11.6 Å². The predicted molar refractivity (Wildman–Crippen MR) is 156 cm³/mol. The zero-order valence-corrected chi connectivity index (χ0v) is 24.2. The highest BCUT2D eigenvalue weighted by Crippen LogP contribution is 2.38. The number of nitrogens with one attached hydrogen (secondary N) is 2.